The Balaban J connectivity index is 1.95. The Morgan fingerprint density at radius 3 is 2.88 bits per heavy atom. The van der Waals surface area contributed by atoms with Crippen LogP contribution < -0.4 is 5.32 Å². The van der Waals surface area contributed by atoms with Crippen molar-refractivity contribution < 1.29 is 9.53 Å². The van der Waals surface area contributed by atoms with Gasteiger partial charge in [0, 0.05) is 37.7 Å². The molecule has 1 aromatic carbocycles. The number of methoxy groups -OCH3 is 1. The standard InChI is InChI=1S/C18H23N5O2/c1-13(2)18(24)20-14-5-6-16-15(11-14)21-17(23(16)9-10-25-3)12-22-8-4-7-19-22/h4-8,11,13H,9-10,12H2,1-3H3,(H,20,24). The van der Waals surface area contributed by atoms with E-state index in [9.17, 15) is 4.79 Å². The van der Waals surface area contributed by atoms with E-state index in [2.05, 4.69) is 15.0 Å². The second kappa shape index (κ2) is 7.48. The van der Waals surface area contributed by atoms with Gasteiger partial charge in [0.05, 0.1) is 24.2 Å². The summed E-state index contributed by atoms with van der Waals surface area (Å²) in [4.78, 5) is 16.7. The lowest BCUT2D eigenvalue weighted by Gasteiger charge is -2.10. The van der Waals surface area contributed by atoms with Gasteiger partial charge in [0.15, 0.2) is 0 Å². The minimum atomic E-state index is -0.0645. The third kappa shape index (κ3) is 3.88. The van der Waals surface area contributed by atoms with E-state index in [1.165, 1.54) is 0 Å². The first-order valence-corrected chi connectivity index (χ1v) is 8.35. The maximum atomic E-state index is 11.9. The lowest BCUT2D eigenvalue weighted by Crippen LogP contribution is -2.17. The molecule has 3 rings (SSSR count). The first-order valence-electron chi connectivity index (χ1n) is 8.35. The lowest BCUT2D eigenvalue weighted by molar-refractivity contribution is -0.118. The average Bonchev–Trinajstić information content (AvgIpc) is 3.20. The fourth-order valence-corrected chi connectivity index (χ4v) is 2.64. The predicted molar refractivity (Wildman–Crippen MR) is 96.4 cm³/mol. The molecule has 0 aliphatic carbocycles. The van der Waals surface area contributed by atoms with Gasteiger partial charge < -0.3 is 14.6 Å². The van der Waals surface area contributed by atoms with Crippen LogP contribution in [0.15, 0.2) is 36.7 Å². The summed E-state index contributed by atoms with van der Waals surface area (Å²) in [7, 11) is 1.69. The number of nitrogens with one attached hydrogen (secondary N) is 1. The molecule has 7 nitrogen and oxygen atoms in total. The molecule has 2 aromatic heterocycles. The zero-order valence-electron chi connectivity index (χ0n) is 14.8. The number of imidazole rings is 1. The number of benzene rings is 1. The molecule has 0 unspecified atom stereocenters. The quantitative estimate of drug-likeness (QED) is 0.717. The number of carbonyl (C=O) groups excluding carboxylic acids is 1. The van der Waals surface area contributed by atoms with Crippen molar-refractivity contribution in [2.45, 2.75) is 26.9 Å². The van der Waals surface area contributed by atoms with Gasteiger partial charge in [-0.2, -0.15) is 5.10 Å². The second-order valence-corrected chi connectivity index (χ2v) is 6.22. The molecule has 0 saturated heterocycles. The third-order valence-electron chi connectivity index (χ3n) is 4.00. The monoisotopic (exact) mass is 341 g/mol. The minimum Gasteiger partial charge on any atom is -0.383 e. The first-order chi connectivity index (χ1) is 12.1. The van der Waals surface area contributed by atoms with Crippen LogP contribution in [0.1, 0.15) is 19.7 Å². The molecule has 7 heteroatoms. The van der Waals surface area contributed by atoms with Crippen molar-refractivity contribution in [1.82, 2.24) is 19.3 Å². The Labute approximate surface area is 146 Å². The molecular formula is C18H23N5O2. The molecule has 2 heterocycles. The highest BCUT2D eigenvalue weighted by atomic mass is 16.5. The van der Waals surface area contributed by atoms with E-state index in [1.54, 1.807) is 13.3 Å². The summed E-state index contributed by atoms with van der Waals surface area (Å²) in [5.41, 5.74) is 2.62. The molecule has 0 spiro atoms. The number of amides is 1. The van der Waals surface area contributed by atoms with Gasteiger partial charge in [-0.1, -0.05) is 13.8 Å². The number of fused-ring (bicyclic) bond motifs is 1. The van der Waals surface area contributed by atoms with Crippen LogP contribution in [-0.4, -0.2) is 39.0 Å². The van der Waals surface area contributed by atoms with Gasteiger partial charge in [0.25, 0.3) is 0 Å². The fraction of sp³-hybridized carbons (Fsp3) is 0.389. The Kier molecular flexibility index (Phi) is 5.14. The molecule has 0 atom stereocenters. The first kappa shape index (κ1) is 17.2. The van der Waals surface area contributed by atoms with Gasteiger partial charge in [-0.05, 0) is 24.3 Å². The average molecular weight is 341 g/mol. The molecule has 0 aliphatic rings. The topological polar surface area (TPSA) is 74.0 Å². The summed E-state index contributed by atoms with van der Waals surface area (Å²) in [5.74, 6) is 0.836. The number of nitrogens with zero attached hydrogens (tertiary/aromatic N) is 4. The van der Waals surface area contributed by atoms with E-state index in [4.69, 9.17) is 9.72 Å². The van der Waals surface area contributed by atoms with E-state index in [-0.39, 0.29) is 11.8 Å². The number of ether oxygens (including phenoxy) is 1. The van der Waals surface area contributed by atoms with E-state index >= 15 is 0 Å². The van der Waals surface area contributed by atoms with Crippen molar-refractivity contribution in [3.63, 3.8) is 0 Å². The number of anilines is 1. The summed E-state index contributed by atoms with van der Waals surface area (Å²) < 4.78 is 9.20. The maximum Gasteiger partial charge on any atom is 0.226 e. The van der Waals surface area contributed by atoms with E-state index < -0.39 is 0 Å². The third-order valence-corrected chi connectivity index (χ3v) is 4.00. The molecule has 0 saturated carbocycles. The van der Waals surface area contributed by atoms with Crippen LogP contribution in [0, 0.1) is 5.92 Å². The van der Waals surface area contributed by atoms with Crippen LogP contribution in [-0.2, 0) is 22.6 Å². The van der Waals surface area contributed by atoms with Crippen molar-refractivity contribution in [1.29, 1.82) is 0 Å². The highest BCUT2D eigenvalue weighted by Gasteiger charge is 2.13. The highest BCUT2D eigenvalue weighted by molar-refractivity contribution is 5.94. The van der Waals surface area contributed by atoms with Crippen molar-refractivity contribution in [3.8, 4) is 0 Å². The maximum absolute atomic E-state index is 11.9. The summed E-state index contributed by atoms with van der Waals surface area (Å²) in [6, 6.07) is 7.69. The van der Waals surface area contributed by atoms with Crippen LogP contribution in [0.5, 0.6) is 0 Å². The SMILES string of the molecule is COCCn1c(Cn2cccn2)nc2cc(NC(=O)C(C)C)ccc21. The van der Waals surface area contributed by atoms with Crippen LogP contribution in [0.2, 0.25) is 0 Å². The molecule has 1 amide bonds. The Bertz CT molecular complexity index is 852. The molecule has 0 fully saturated rings. The number of hydrogen-bond donors (Lipinski definition) is 1. The molecule has 132 valence electrons. The van der Waals surface area contributed by atoms with Crippen LogP contribution in [0.4, 0.5) is 5.69 Å². The number of carbonyl (C=O) groups is 1. The molecule has 1 N–H and O–H groups in total. The normalized spacial score (nSPS) is 11.4. The van der Waals surface area contributed by atoms with Gasteiger partial charge in [-0.15, -0.1) is 0 Å². The Morgan fingerprint density at radius 2 is 2.20 bits per heavy atom. The van der Waals surface area contributed by atoms with Gasteiger partial charge in [-0.3, -0.25) is 9.48 Å². The second-order valence-electron chi connectivity index (χ2n) is 6.22. The zero-order chi connectivity index (χ0) is 17.8. The molecule has 0 radical (unpaired) electrons. The van der Waals surface area contributed by atoms with Crippen molar-refractivity contribution in [2.24, 2.45) is 5.92 Å². The van der Waals surface area contributed by atoms with E-state index in [0.717, 1.165) is 22.5 Å². The van der Waals surface area contributed by atoms with Gasteiger partial charge in [0.1, 0.15) is 5.82 Å². The summed E-state index contributed by atoms with van der Waals surface area (Å²) in [6.07, 6.45) is 3.66. The summed E-state index contributed by atoms with van der Waals surface area (Å²) in [5, 5.41) is 7.18. The van der Waals surface area contributed by atoms with Crippen molar-refractivity contribution >= 4 is 22.6 Å². The van der Waals surface area contributed by atoms with Gasteiger partial charge in [0.2, 0.25) is 5.91 Å². The lowest BCUT2D eigenvalue weighted by atomic mass is 10.2. The Morgan fingerprint density at radius 1 is 1.36 bits per heavy atom. The molecular weight excluding hydrogens is 318 g/mol. The fourth-order valence-electron chi connectivity index (χ4n) is 2.64. The minimum absolute atomic E-state index is 0.00469. The predicted octanol–water partition coefficient (Wildman–Crippen LogP) is 2.52. The van der Waals surface area contributed by atoms with Crippen molar-refractivity contribution in [2.75, 3.05) is 19.0 Å². The molecule has 0 aliphatic heterocycles. The molecule has 25 heavy (non-hydrogen) atoms. The Hall–Kier alpha value is -2.67. The number of aromatic nitrogens is 4. The highest BCUT2D eigenvalue weighted by Crippen LogP contribution is 2.21. The molecule has 3 aromatic rings. The number of rotatable bonds is 7. The van der Waals surface area contributed by atoms with Gasteiger partial charge in [-0.25, -0.2) is 4.98 Å². The van der Waals surface area contributed by atoms with Crippen LogP contribution >= 0.6 is 0 Å². The van der Waals surface area contributed by atoms with Crippen molar-refractivity contribution in [3.05, 3.63) is 42.5 Å². The van der Waals surface area contributed by atoms with Crippen LogP contribution in [0.25, 0.3) is 11.0 Å². The van der Waals surface area contributed by atoms with E-state index in [1.807, 2.05) is 49.0 Å². The van der Waals surface area contributed by atoms with E-state index in [0.29, 0.717) is 19.7 Å². The summed E-state index contributed by atoms with van der Waals surface area (Å²) >= 11 is 0. The number of hydrogen-bond acceptors (Lipinski definition) is 4. The largest absolute Gasteiger partial charge is 0.383 e. The van der Waals surface area contributed by atoms with Gasteiger partial charge >= 0.3 is 0 Å². The smallest absolute Gasteiger partial charge is 0.226 e. The molecule has 0 bridgehead atoms. The van der Waals surface area contributed by atoms with Crippen LogP contribution in [0.3, 0.4) is 0 Å². The summed E-state index contributed by atoms with van der Waals surface area (Å²) in [6.45, 7) is 5.63. The zero-order valence-corrected chi connectivity index (χ0v) is 14.8.